The highest BCUT2D eigenvalue weighted by Crippen LogP contribution is 2.19. The minimum Gasteiger partial charge on any atom is -0.479 e. The third-order valence-electron chi connectivity index (χ3n) is 3.98. The van der Waals surface area contributed by atoms with E-state index < -0.39 is 6.10 Å². The molecule has 7 heteroatoms. The predicted octanol–water partition coefficient (Wildman–Crippen LogP) is 1.60. The van der Waals surface area contributed by atoms with Gasteiger partial charge in [0.15, 0.2) is 6.10 Å². The summed E-state index contributed by atoms with van der Waals surface area (Å²) in [5, 5.41) is 0. The molecule has 0 amide bonds. The zero-order valence-corrected chi connectivity index (χ0v) is 15.6. The van der Waals surface area contributed by atoms with Crippen LogP contribution in [0.25, 0.3) is 0 Å². The molecule has 1 aromatic carbocycles. The first-order valence-electron chi connectivity index (χ1n) is 8.89. The van der Waals surface area contributed by atoms with Gasteiger partial charge in [0, 0.05) is 6.61 Å². The average molecular weight is 349 g/mol. The van der Waals surface area contributed by atoms with Crippen LogP contribution in [0.15, 0.2) is 18.2 Å². The fraction of sp³-hybridized carbons (Fsp3) is 0.611. The molecule has 1 atom stereocenters. The largest absolute Gasteiger partial charge is 0.494 e. The zero-order valence-electron chi connectivity index (χ0n) is 15.6. The van der Waals surface area contributed by atoms with E-state index in [2.05, 4.69) is 4.90 Å². The van der Waals surface area contributed by atoms with Crippen molar-refractivity contribution in [2.75, 3.05) is 33.9 Å². The second-order valence-corrected chi connectivity index (χ2v) is 6.30. The molecule has 0 radical (unpaired) electrons. The summed E-state index contributed by atoms with van der Waals surface area (Å²) in [6, 6.07) is 5.73. The number of esters is 1. The summed E-state index contributed by atoms with van der Waals surface area (Å²) >= 11 is 0. The van der Waals surface area contributed by atoms with Crippen molar-refractivity contribution in [3.63, 3.8) is 0 Å². The Morgan fingerprint density at radius 2 is 2.16 bits per heavy atom. The first-order chi connectivity index (χ1) is 12.0. The Morgan fingerprint density at radius 1 is 1.36 bits per heavy atom. The topological polar surface area (TPSA) is 57.2 Å². The highest BCUT2D eigenvalue weighted by atomic mass is 16.6. The molecule has 1 aliphatic rings. The van der Waals surface area contributed by atoms with E-state index in [1.807, 2.05) is 39.2 Å². The van der Waals surface area contributed by atoms with Crippen LogP contribution in [0.4, 0.5) is 0 Å². The van der Waals surface area contributed by atoms with Crippen molar-refractivity contribution >= 4 is 18.6 Å². The molecule has 0 spiro atoms. The lowest BCUT2D eigenvalue weighted by Crippen LogP contribution is -2.34. The van der Waals surface area contributed by atoms with Gasteiger partial charge in [0.25, 0.3) is 0 Å². The van der Waals surface area contributed by atoms with Crippen LogP contribution in [0.1, 0.15) is 32.3 Å². The van der Waals surface area contributed by atoms with Gasteiger partial charge in [0.2, 0.25) is 0 Å². The molecular formula is C18H28BNO5. The number of carbonyl (C=O) groups is 1. The van der Waals surface area contributed by atoms with Crippen LogP contribution in [0, 0.1) is 0 Å². The molecular weight excluding hydrogens is 321 g/mol. The number of hydrogen-bond acceptors (Lipinski definition) is 6. The van der Waals surface area contributed by atoms with E-state index in [1.54, 1.807) is 6.92 Å². The van der Waals surface area contributed by atoms with Gasteiger partial charge in [-0.25, -0.2) is 4.79 Å². The standard InChI is InChI=1S/C18H28BNO5/c1-5-17(18(21)22-6-2)25-15-9-8-14-13-24-19(16(14)12-15)23-11-7-10-20(3)4/h8-9,12,17H,5-7,10-11,13H2,1-4H3. The summed E-state index contributed by atoms with van der Waals surface area (Å²) < 4.78 is 22.4. The van der Waals surface area contributed by atoms with Gasteiger partial charge >= 0.3 is 13.1 Å². The van der Waals surface area contributed by atoms with E-state index >= 15 is 0 Å². The Hall–Kier alpha value is -1.57. The fourth-order valence-corrected chi connectivity index (χ4v) is 2.66. The van der Waals surface area contributed by atoms with Gasteiger partial charge in [-0.3, -0.25) is 0 Å². The van der Waals surface area contributed by atoms with Gasteiger partial charge in [0.1, 0.15) is 5.75 Å². The fourth-order valence-electron chi connectivity index (χ4n) is 2.66. The smallest absolute Gasteiger partial charge is 0.479 e. The third kappa shape index (κ3) is 5.73. The number of fused-ring (bicyclic) bond motifs is 1. The van der Waals surface area contributed by atoms with Crippen LogP contribution in [0.3, 0.4) is 0 Å². The molecule has 6 nitrogen and oxygen atoms in total. The third-order valence-corrected chi connectivity index (χ3v) is 3.98. The van der Waals surface area contributed by atoms with E-state index in [1.165, 1.54) is 0 Å². The molecule has 0 aliphatic carbocycles. The van der Waals surface area contributed by atoms with Crippen LogP contribution < -0.4 is 10.2 Å². The molecule has 138 valence electrons. The van der Waals surface area contributed by atoms with Crippen LogP contribution >= 0.6 is 0 Å². The highest BCUT2D eigenvalue weighted by Gasteiger charge is 2.31. The monoisotopic (exact) mass is 349 g/mol. The van der Waals surface area contributed by atoms with Gasteiger partial charge in [-0.05, 0) is 63.6 Å². The van der Waals surface area contributed by atoms with Crippen molar-refractivity contribution in [2.24, 2.45) is 0 Å². The van der Waals surface area contributed by atoms with Gasteiger partial charge < -0.3 is 23.7 Å². The first kappa shape index (κ1) is 19.8. The molecule has 0 N–H and O–H groups in total. The molecule has 0 bridgehead atoms. The van der Waals surface area contributed by atoms with Crippen LogP contribution in [0.2, 0.25) is 0 Å². The van der Waals surface area contributed by atoms with E-state index in [9.17, 15) is 4.79 Å². The summed E-state index contributed by atoms with van der Waals surface area (Å²) in [7, 11) is 3.71. The Bertz CT molecular complexity index is 566. The molecule has 1 heterocycles. The van der Waals surface area contributed by atoms with Crippen LogP contribution in [-0.2, 0) is 25.4 Å². The summed E-state index contributed by atoms with van der Waals surface area (Å²) in [5.41, 5.74) is 2.07. The van der Waals surface area contributed by atoms with Crippen molar-refractivity contribution in [3.05, 3.63) is 23.8 Å². The molecule has 0 fully saturated rings. The first-order valence-corrected chi connectivity index (χ1v) is 8.89. The molecule has 0 aromatic heterocycles. The average Bonchev–Trinajstić information content (AvgIpc) is 2.99. The molecule has 0 saturated heterocycles. The number of carbonyl (C=O) groups excluding carboxylic acids is 1. The number of ether oxygens (including phenoxy) is 2. The maximum absolute atomic E-state index is 11.9. The number of hydrogen-bond donors (Lipinski definition) is 0. The van der Waals surface area contributed by atoms with E-state index in [0.717, 1.165) is 24.0 Å². The molecule has 0 saturated carbocycles. The molecule has 1 aromatic rings. The predicted molar refractivity (Wildman–Crippen MR) is 97.1 cm³/mol. The van der Waals surface area contributed by atoms with Crippen molar-refractivity contribution < 1.29 is 23.6 Å². The second-order valence-electron chi connectivity index (χ2n) is 6.30. The van der Waals surface area contributed by atoms with Crippen molar-refractivity contribution in [3.8, 4) is 5.75 Å². The SMILES string of the molecule is CCOC(=O)C(CC)Oc1ccc2c(c1)B(OCCCN(C)C)OC2. The Morgan fingerprint density at radius 3 is 2.84 bits per heavy atom. The normalized spacial score (nSPS) is 14.5. The lowest BCUT2D eigenvalue weighted by atomic mass is 9.78. The van der Waals surface area contributed by atoms with Gasteiger partial charge in [-0.2, -0.15) is 0 Å². The van der Waals surface area contributed by atoms with Gasteiger partial charge in [-0.15, -0.1) is 0 Å². The summed E-state index contributed by atoms with van der Waals surface area (Å²) in [6.45, 7) is 6.17. The second kappa shape index (κ2) is 9.80. The summed E-state index contributed by atoms with van der Waals surface area (Å²) in [6.07, 6.45) is 0.899. The molecule has 1 unspecified atom stereocenters. The van der Waals surface area contributed by atoms with Crippen molar-refractivity contribution in [1.82, 2.24) is 4.90 Å². The van der Waals surface area contributed by atoms with E-state index in [0.29, 0.717) is 32.0 Å². The Balaban J connectivity index is 1.97. The highest BCUT2D eigenvalue weighted by molar-refractivity contribution is 6.62. The van der Waals surface area contributed by atoms with Crippen LogP contribution in [-0.4, -0.2) is 57.9 Å². The number of nitrogens with zero attached hydrogens (tertiary/aromatic N) is 1. The summed E-state index contributed by atoms with van der Waals surface area (Å²) in [4.78, 5) is 14.0. The van der Waals surface area contributed by atoms with Gasteiger partial charge in [0.05, 0.1) is 13.2 Å². The number of benzene rings is 1. The lowest BCUT2D eigenvalue weighted by Gasteiger charge is -2.17. The Kier molecular flexibility index (Phi) is 7.74. The van der Waals surface area contributed by atoms with Crippen molar-refractivity contribution in [2.45, 2.75) is 39.4 Å². The maximum atomic E-state index is 11.9. The number of rotatable bonds is 10. The maximum Gasteiger partial charge on any atom is 0.494 e. The minimum absolute atomic E-state index is 0.335. The molecule has 1 aliphatic heterocycles. The van der Waals surface area contributed by atoms with Crippen LogP contribution in [0.5, 0.6) is 5.75 Å². The van der Waals surface area contributed by atoms with Crippen molar-refractivity contribution in [1.29, 1.82) is 0 Å². The van der Waals surface area contributed by atoms with Gasteiger partial charge in [-0.1, -0.05) is 13.0 Å². The Labute approximate surface area is 150 Å². The lowest BCUT2D eigenvalue weighted by molar-refractivity contribution is -0.151. The molecule has 25 heavy (non-hydrogen) atoms. The molecule has 2 rings (SSSR count). The van der Waals surface area contributed by atoms with E-state index in [4.69, 9.17) is 18.8 Å². The van der Waals surface area contributed by atoms with E-state index in [-0.39, 0.29) is 13.1 Å². The summed E-state index contributed by atoms with van der Waals surface area (Å²) in [5.74, 6) is 0.296. The zero-order chi connectivity index (χ0) is 18.2. The quantitative estimate of drug-likeness (QED) is 0.363. The minimum atomic E-state index is -0.597.